The van der Waals surface area contributed by atoms with Crippen LogP contribution in [0.15, 0.2) is 23.1 Å². The summed E-state index contributed by atoms with van der Waals surface area (Å²) in [6.07, 6.45) is 5.97. The van der Waals surface area contributed by atoms with E-state index in [0.29, 0.717) is 12.5 Å². The molecular weight excluding hydrogens is 355 g/mol. The minimum absolute atomic E-state index is 0.00611. The van der Waals surface area contributed by atoms with Crippen molar-refractivity contribution in [2.45, 2.75) is 62.8 Å². The quantitative estimate of drug-likeness (QED) is 0.572. The van der Waals surface area contributed by atoms with E-state index >= 15 is 0 Å². The molecule has 1 saturated carbocycles. The minimum Gasteiger partial charge on any atom is -0.490 e. The Balaban J connectivity index is 2.02. The third-order valence-corrected chi connectivity index (χ3v) is 6.50. The molecule has 0 aliphatic heterocycles. The first-order chi connectivity index (χ1) is 12.2. The van der Waals surface area contributed by atoms with Gasteiger partial charge in [-0.15, -0.1) is 0 Å². The zero-order valence-corrected chi connectivity index (χ0v) is 16.8. The van der Waals surface area contributed by atoms with Crippen molar-refractivity contribution < 1.29 is 17.5 Å². The highest BCUT2D eigenvalue weighted by atomic mass is 32.2. The Morgan fingerprint density at radius 2 is 2.00 bits per heavy atom. The molecule has 0 bridgehead atoms. The Kier molecular flexibility index (Phi) is 7.43. The summed E-state index contributed by atoms with van der Waals surface area (Å²) in [5.41, 5.74) is -0.575. The van der Waals surface area contributed by atoms with E-state index in [0.717, 1.165) is 44.7 Å². The van der Waals surface area contributed by atoms with Gasteiger partial charge in [0.05, 0.1) is 11.5 Å². The van der Waals surface area contributed by atoms with Crippen LogP contribution < -0.4 is 14.8 Å². The van der Waals surface area contributed by atoms with Crippen LogP contribution in [0, 0.1) is 11.7 Å². The van der Waals surface area contributed by atoms with Crippen LogP contribution in [0.5, 0.6) is 5.75 Å². The normalized spacial score (nSPS) is 15.7. The summed E-state index contributed by atoms with van der Waals surface area (Å²) in [6, 6.07) is 3.73. The van der Waals surface area contributed by atoms with Gasteiger partial charge in [-0.25, -0.2) is 17.5 Å². The monoisotopic (exact) mass is 386 g/mol. The summed E-state index contributed by atoms with van der Waals surface area (Å²) < 4.78 is 47.6. The summed E-state index contributed by atoms with van der Waals surface area (Å²) in [5.74, 6) is -0.0782. The zero-order valence-electron chi connectivity index (χ0n) is 16.0. The van der Waals surface area contributed by atoms with Crippen LogP contribution in [-0.4, -0.2) is 34.2 Å². The predicted octanol–water partition coefficient (Wildman–Crippen LogP) is 3.45. The maximum atomic E-state index is 14.0. The number of nitrogens with one attached hydrogen (secondary N) is 2. The Morgan fingerprint density at radius 1 is 1.27 bits per heavy atom. The molecule has 148 valence electrons. The summed E-state index contributed by atoms with van der Waals surface area (Å²) >= 11 is 0. The van der Waals surface area contributed by atoms with Crippen molar-refractivity contribution in [3.8, 4) is 5.75 Å². The number of benzene rings is 1. The molecular formula is C19H31FN2O3S. The number of hydrogen-bond donors (Lipinski definition) is 2. The standard InChI is InChI=1S/C19H31FN2O3S/c1-19(2,11-4-5-12-21-3)22-26(23,24)16-9-10-17(20)18(13-16)25-14-15-7-6-8-15/h9-10,13,15,21-22H,4-8,11-12,14H2,1-3H3. The fraction of sp³-hybridized carbons (Fsp3) is 0.684. The van der Waals surface area contributed by atoms with Gasteiger partial charge in [0.2, 0.25) is 10.0 Å². The fourth-order valence-corrected chi connectivity index (χ4v) is 4.43. The van der Waals surface area contributed by atoms with E-state index in [4.69, 9.17) is 4.74 Å². The summed E-state index contributed by atoms with van der Waals surface area (Å²) in [4.78, 5) is 0.0332. The molecule has 0 heterocycles. The van der Waals surface area contributed by atoms with Gasteiger partial charge in [-0.3, -0.25) is 0 Å². The second kappa shape index (κ2) is 9.15. The van der Waals surface area contributed by atoms with Crippen LogP contribution >= 0.6 is 0 Å². The van der Waals surface area contributed by atoms with Gasteiger partial charge in [-0.2, -0.15) is 0 Å². The number of unbranched alkanes of at least 4 members (excludes halogenated alkanes) is 1. The molecule has 0 amide bonds. The molecule has 1 aromatic rings. The summed E-state index contributed by atoms with van der Waals surface area (Å²) in [6.45, 7) is 5.07. The van der Waals surface area contributed by atoms with E-state index < -0.39 is 21.4 Å². The fourth-order valence-electron chi connectivity index (χ4n) is 2.97. The van der Waals surface area contributed by atoms with Gasteiger partial charge in [0, 0.05) is 11.6 Å². The van der Waals surface area contributed by atoms with Crippen molar-refractivity contribution in [1.82, 2.24) is 10.0 Å². The number of hydrogen-bond acceptors (Lipinski definition) is 4. The molecule has 0 spiro atoms. The van der Waals surface area contributed by atoms with Gasteiger partial charge in [0.1, 0.15) is 0 Å². The molecule has 0 unspecified atom stereocenters. The van der Waals surface area contributed by atoms with Crippen molar-refractivity contribution in [3.05, 3.63) is 24.0 Å². The predicted molar refractivity (Wildman–Crippen MR) is 101 cm³/mol. The van der Waals surface area contributed by atoms with Crippen LogP contribution in [0.25, 0.3) is 0 Å². The van der Waals surface area contributed by atoms with Gasteiger partial charge in [0.25, 0.3) is 0 Å². The molecule has 0 aromatic heterocycles. The lowest BCUT2D eigenvalue weighted by molar-refractivity contribution is 0.175. The Bertz CT molecular complexity index is 688. The van der Waals surface area contributed by atoms with Crippen molar-refractivity contribution in [2.24, 2.45) is 5.92 Å². The van der Waals surface area contributed by atoms with Crippen molar-refractivity contribution >= 4 is 10.0 Å². The van der Waals surface area contributed by atoms with Crippen LogP contribution in [0.2, 0.25) is 0 Å². The molecule has 0 radical (unpaired) electrons. The largest absolute Gasteiger partial charge is 0.490 e. The zero-order chi connectivity index (χ0) is 19.2. The molecule has 1 aliphatic rings. The lowest BCUT2D eigenvalue weighted by Gasteiger charge is -2.27. The maximum absolute atomic E-state index is 14.0. The third-order valence-electron chi connectivity index (χ3n) is 4.80. The van der Waals surface area contributed by atoms with E-state index in [1.54, 1.807) is 0 Å². The molecule has 7 heteroatoms. The summed E-state index contributed by atoms with van der Waals surface area (Å²) in [7, 11) is -1.85. The average Bonchev–Trinajstić information content (AvgIpc) is 2.50. The van der Waals surface area contributed by atoms with E-state index in [9.17, 15) is 12.8 Å². The van der Waals surface area contributed by atoms with E-state index in [2.05, 4.69) is 10.0 Å². The molecule has 0 saturated heterocycles. The van der Waals surface area contributed by atoms with Gasteiger partial charge < -0.3 is 10.1 Å². The Hall–Kier alpha value is -1.18. The number of sulfonamides is 1. The maximum Gasteiger partial charge on any atom is 0.241 e. The first kappa shape index (κ1) is 21.1. The van der Waals surface area contributed by atoms with Crippen LogP contribution in [0.4, 0.5) is 4.39 Å². The second-order valence-corrected chi connectivity index (χ2v) is 9.43. The molecule has 1 fully saturated rings. The van der Waals surface area contributed by atoms with Crippen LogP contribution in [-0.2, 0) is 10.0 Å². The lowest BCUT2D eigenvalue weighted by atomic mass is 9.86. The van der Waals surface area contributed by atoms with Gasteiger partial charge in [-0.05, 0) is 71.2 Å². The van der Waals surface area contributed by atoms with E-state index in [-0.39, 0.29) is 10.6 Å². The minimum atomic E-state index is -3.74. The summed E-state index contributed by atoms with van der Waals surface area (Å²) in [5, 5.41) is 3.08. The molecule has 0 atom stereocenters. The van der Waals surface area contributed by atoms with Crippen molar-refractivity contribution in [3.63, 3.8) is 0 Å². The topological polar surface area (TPSA) is 67.4 Å². The highest BCUT2D eigenvalue weighted by Crippen LogP contribution is 2.29. The Labute approximate surface area is 156 Å². The molecule has 1 aliphatic carbocycles. The number of halogens is 1. The van der Waals surface area contributed by atoms with Gasteiger partial charge in [0.15, 0.2) is 11.6 Å². The van der Waals surface area contributed by atoms with Crippen LogP contribution in [0.1, 0.15) is 52.4 Å². The van der Waals surface area contributed by atoms with E-state index in [1.165, 1.54) is 18.6 Å². The SMILES string of the molecule is CNCCCCC(C)(C)NS(=O)(=O)c1ccc(F)c(OCC2CCC2)c1. The van der Waals surface area contributed by atoms with Gasteiger partial charge in [-0.1, -0.05) is 12.8 Å². The molecule has 26 heavy (non-hydrogen) atoms. The number of rotatable bonds is 11. The molecule has 2 rings (SSSR count). The molecule has 2 N–H and O–H groups in total. The molecule has 1 aromatic carbocycles. The smallest absolute Gasteiger partial charge is 0.241 e. The Morgan fingerprint density at radius 3 is 2.62 bits per heavy atom. The average molecular weight is 387 g/mol. The highest BCUT2D eigenvalue weighted by Gasteiger charge is 2.27. The van der Waals surface area contributed by atoms with E-state index in [1.807, 2.05) is 20.9 Å². The number of ether oxygens (including phenoxy) is 1. The molecule has 5 nitrogen and oxygen atoms in total. The van der Waals surface area contributed by atoms with Gasteiger partial charge >= 0.3 is 0 Å². The van der Waals surface area contributed by atoms with Crippen LogP contribution in [0.3, 0.4) is 0 Å². The van der Waals surface area contributed by atoms with Crippen molar-refractivity contribution in [2.75, 3.05) is 20.2 Å². The third kappa shape index (κ3) is 6.21. The first-order valence-corrected chi connectivity index (χ1v) is 10.8. The van der Waals surface area contributed by atoms with Crippen molar-refractivity contribution in [1.29, 1.82) is 0 Å². The lowest BCUT2D eigenvalue weighted by Crippen LogP contribution is -2.43. The second-order valence-electron chi connectivity index (χ2n) is 7.75. The highest BCUT2D eigenvalue weighted by molar-refractivity contribution is 7.89. The first-order valence-electron chi connectivity index (χ1n) is 9.34.